The van der Waals surface area contributed by atoms with Crippen LogP contribution in [0.1, 0.15) is 30.1 Å². The first-order valence-electron chi connectivity index (χ1n) is 8.00. The zero-order valence-electron chi connectivity index (χ0n) is 12.7. The summed E-state index contributed by atoms with van der Waals surface area (Å²) in [5.41, 5.74) is 1.61. The van der Waals surface area contributed by atoms with Gasteiger partial charge in [0.15, 0.2) is 0 Å². The molecule has 1 amide bonds. The van der Waals surface area contributed by atoms with Gasteiger partial charge in [0.25, 0.3) is 5.91 Å². The first-order chi connectivity index (χ1) is 10.7. The highest BCUT2D eigenvalue weighted by Crippen LogP contribution is 2.33. The molecule has 22 heavy (non-hydrogen) atoms. The van der Waals surface area contributed by atoms with Gasteiger partial charge in [0.2, 0.25) is 0 Å². The Hall–Kier alpha value is -1.94. The minimum atomic E-state index is 0.0938. The molecule has 1 aromatic carbocycles. The maximum absolute atomic E-state index is 12.8. The van der Waals surface area contributed by atoms with Gasteiger partial charge in [0, 0.05) is 30.6 Å². The Labute approximate surface area is 130 Å². The molecule has 4 rings (SSSR count). The van der Waals surface area contributed by atoms with Crippen molar-refractivity contribution in [2.75, 3.05) is 13.1 Å². The Morgan fingerprint density at radius 2 is 2.23 bits per heavy atom. The normalized spacial score (nSPS) is 27.9. The third-order valence-corrected chi connectivity index (χ3v) is 4.83. The van der Waals surface area contributed by atoms with Crippen LogP contribution in [0.2, 0.25) is 0 Å². The minimum Gasteiger partial charge on any atom is -0.375 e. The molecule has 0 bridgehead atoms. The maximum Gasteiger partial charge on any atom is 0.255 e. The molecule has 4 nitrogen and oxygen atoms in total. The van der Waals surface area contributed by atoms with Gasteiger partial charge >= 0.3 is 0 Å². The first-order valence-corrected chi connectivity index (χ1v) is 8.00. The van der Waals surface area contributed by atoms with Gasteiger partial charge in [0.05, 0.1) is 23.3 Å². The number of fused-ring (bicyclic) bond motifs is 2. The van der Waals surface area contributed by atoms with E-state index in [0.29, 0.717) is 23.7 Å². The number of para-hydroxylation sites is 1. The van der Waals surface area contributed by atoms with Crippen molar-refractivity contribution in [1.29, 1.82) is 0 Å². The summed E-state index contributed by atoms with van der Waals surface area (Å²) in [5.74, 6) is 0.581. The molecule has 0 unspecified atom stereocenters. The van der Waals surface area contributed by atoms with Crippen molar-refractivity contribution < 1.29 is 9.53 Å². The summed E-state index contributed by atoms with van der Waals surface area (Å²) in [7, 11) is 0. The van der Waals surface area contributed by atoms with Crippen LogP contribution in [0.15, 0.2) is 36.5 Å². The molecular formula is C18H20N2O2. The molecule has 2 saturated heterocycles. The zero-order valence-corrected chi connectivity index (χ0v) is 12.7. The number of piperidine rings is 1. The lowest BCUT2D eigenvalue weighted by Gasteiger charge is -2.34. The number of hydrogen-bond donors (Lipinski definition) is 0. The van der Waals surface area contributed by atoms with Crippen LogP contribution in [-0.4, -0.2) is 41.1 Å². The van der Waals surface area contributed by atoms with E-state index < -0.39 is 0 Å². The summed E-state index contributed by atoms with van der Waals surface area (Å²) < 4.78 is 5.91. The van der Waals surface area contributed by atoms with E-state index in [9.17, 15) is 4.79 Å². The number of benzene rings is 1. The first kappa shape index (κ1) is 13.7. The second-order valence-corrected chi connectivity index (χ2v) is 6.44. The van der Waals surface area contributed by atoms with Gasteiger partial charge in [0.1, 0.15) is 0 Å². The number of carbonyl (C=O) groups is 1. The van der Waals surface area contributed by atoms with Crippen molar-refractivity contribution in [1.82, 2.24) is 9.88 Å². The third kappa shape index (κ3) is 2.37. The fraction of sp³-hybridized carbons (Fsp3) is 0.444. The number of hydrogen-bond acceptors (Lipinski definition) is 3. The van der Waals surface area contributed by atoms with E-state index in [2.05, 4.69) is 11.9 Å². The van der Waals surface area contributed by atoms with Crippen LogP contribution in [0.4, 0.5) is 0 Å². The summed E-state index contributed by atoms with van der Waals surface area (Å²) in [6, 6.07) is 9.85. The molecule has 2 aliphatic heterocycles. The number of amides is 1. The molecule has 0 aliphatic carbocycles. The van der Waals surface area contributed by atoms with Crippen molar-refractivity contribution >= 4 is 16.8 Å². The number of rotatable bonds is 1. The third-order valence-electron chi connectivity index (χ3n) is 4.83. The fourth-order valence-electron chi connectivity index (χ4n) is 3.75. The van der Waals surface area contributed by atoms with E-state index >= 15 is 0 Å². The van der Waals surface area contributed by atoms with Crippen LogP contribution in [0.25, 0.3) is 10.9 Å². The van der Waals surface area contributed by atoms with Crippen molar-refractivity contribution in [3.8, 4) is 0 Å². The van der Waals surface area contributed by atoms with Crippen LogP contribution in [-0.2, 0) is 4.74 Å². The highest BCUT2D eigenvalue weighted by atomic mass is 16.5. The molecule has 114 valence electrons. The highest BCUT2D eigenvalue weighted by molar-refractivity contribution is 5.97. The minimum absolute atomic E-state index is 0.0938. The summed E-state index contributed by atoms with van der Waals surface area (Å²) in [5, 5.41) is 1.01. The predicted molar refractivity (Wildman–Crippen MR) is 84.7 cm³/mol. The number of carbonyl (C=O) groups excluding carboxylic acids is 1. The lowest BCUT2D eigenvalue weighted by Crippen LogP contribution is -2.44. The highest BCUT2D eigenvalue weighted by Gasteiger charge is 2.38. The molecule has 2 fully saturated rings. The molecule has 2 aromatic rings. The molecule has 1 aromatic heterocycles. The standard InChI is InChI=1S/C18H20N2O2/c1-12-8-15-11-20(7-6-17(15)22-12)18(21)14-9-13-4-2-3-5-16(13)19-10-14/h2-5,9-10,12,15,17H,6-8,11H2,1H3/t12-,15-,17-/m1/s1. The van der Waals surface area contributed by atoms with Crippen molar-refractivity contribution in [3.05, 3.63) is 42.1 Å². The molecule has 0 spiro atoms. The van der Waals surface area contributed by atoms with E-state index in [1.165, 1.54) is 0 Å². The summed E-state index contributed by atoms with van der Waals surface area (Å²) >= 11 is 0. The Balaban J connectivity index is 1.55. The maximum atomic E-state index is 12.8. The number of ether oxygens (including phenoxy) is 1. The molecule has 0 saturated carbocycles. The molecular weight excluding hydrogens is 276 g/mol. The predicted octanol–water partition coefficient (Wildman–Crippen LogP) is 2.87. The Morgan fingerprint density at radius 1 is 1.36 bits per heavy atom. The second kappa shape index (κ2) is 5.36. The van der Waals surface area contributed by atoms with Gasteiger partial charge in [-0.05, 0) is 31.9 Å². The van der Waals surface area contributed by atoms with Gasteiger partial charge in [-0.2, -0.15) is 0 Å². The van der Waals surface area contributed by atoms with Gasteiger partial charge in [-0.15, -0.1) is 0 Å². The SMILES string of the molecule is C[C@@H]1C[C@@H]2CN(C(=O)c3cnc4ccccc4c3)CC[C@H]2O1. The average molecular weight is 296 g/mol. The van der Waals surface area contributed by atoms with Gasteiger partial charge < -0.3 is 9.64 Å². The summed E-state index contributed by atoms with van der Waals surface area (Å²) in [4.78, 5) is 19.1. The van der Waals surface area contributed by atoms with E-state index in [1.807, 2.05) is 35.2 Å². The topological polar surface area (TPSA) is 42.4 Å². The fourth-order valence-corrected chi connectivity index (χ4v) is 3.75. The number of likely N-dealkylation sites (tertiary alicyclic amines) is 1. The average Bonchev–Trinajstić information content (AvgIpc) is 2.92. The van der Waals surface area contributed by atoms with Gasteiger partial charge in [-0.1, -0.05) is 18.2 Å². The molecule has 0 radical (unpaired) electrons. The Morgan fingerprint density at radius 3 is 3.14 bits per heavy atom. The Kier molecular flexibility index (Phi) is 3.34. The van der Waals surface area contributed by atoms with Crippen LogP contribution in [0, 0.1) is 5.92 Å². The number of aromatic nitrogens is 1. The van der Waals surface area contributed by atoms with Crippen LogP contribution < -0.4 is 0 Å². The molecule has 4 heteroatoms. The van der Waals surface area contributed by atoms with Crippen molar-refractivity contribution in [3.63, 3.8) is 0 Å². The summed E-state index contributed by atoms with van der Waals surface area (Å²) in [6.45, 7) is 3.71. The van der Waals surface area contributed by atoms with Crippen LogP contribution in [0.5, 0.6) is 0 Å². The number of nitrogens with zero attached hydrogens (tertiary/aromatic N) is 2. The molecule has 2 aliphatic rings. The van der Waals surface area contributed by atoms with E-state index in [1.54, 1.807) is 6.20 Å². The van der Waals surface area contributed by atoms with Crippen molar-refractivity contribution in [2.24, 2.45) is 5.92 Å². The van der Waals surface area contributed by atoms with E-state index in [4.69, 9.17) is 4.74 Å². The van der Waals surface area contributed by atoms with Crippen LogP contribution >= 0.6 is 0 Å². The zero-order chi connectivity index (χ0) is 15.1. The quantitative estimate of drug-likeness (QED) is 0.812. The van der Waals surface area contributed by atoms with E-state index in [-0.39, 0.29) is 5.91 Å². The number of pyridine rings is 1. The lowest BCUT2D eigenvalue weighted by molar-refractivity contribution is 0.00865. The smallest absolute Gasteiger partial charge is 0.255 e. The van der Waals surface area contributed by atoms with Gasteiger partial charge in [-0.3, -0.25) is 9.78 Å². The molecule has 3 atom stereocenters. The largest absolute Gasteiger partial charge is 0.375 e. The Bertz CT molecular complexity index is 715. The molecule has 0 N–H and O–H groups in total. The van der Waals surface area contributed by atoms with E-state index in [0.717, 1.165) is 36.8 Å². The van der Waals surface area contributed by atoms with Crippen molar-refractivity contribution in [2.45, 2.75) is 32.0 Å². The van der Waals surface area contributed by atoms with Gasteiger partial charge in [-0.25, -0.2) is 0 Å². The van der Waals surface area contributed by atoms with Crippen LogP contribution in [0.3, 0.4) is 0 Å². The second-order valence-electron chi connectivity index (χ2n) is 6.44. The lowest BCUT2D eigenvalue weighted by atomic mass is 9.92. The summed E-state index contributed by atoms with van der Waals surface area (Å²) in [6.07, 6.45) is 4.37. The monoisotopic (exact) mass is 296 g/mol. The molecule has 3 heterocycles.